The molecule has 0 aromatic heterocycles. The minimum Gasteiger partial charge on any atom is -0.396 e. The van der Waals surface area contributed by atoms with Crippen molar-refractivity contribution >= 4 is 11.7 Å². The van der Waals surface area contributed by atoms with E-state index in [1.807, 2.05) is 0 Å². The Labute approximate surface area is 107 Å². The number of anilines is 1. The maximum absolute atomic E-state index is 13.3. The number of carbonyl (C=O) groups is 1. The number of aliphatic hydroxyl groups excluding tert-OH is 1. The lowest BCUT2D eigenvalue weighted by Crippen LogP contribution is -2.35. The van der Waals surface area contributed by atoms with Gasteiger partial charge >= 0.3 is 6.03 Å². The molecule has 19 heavy (non-hydrogen) atoms. The van der Waals surface area contributed by atoms with Gasteiger partial charge in [-0.05, 0) is 12.8 Å². The molecule has 0 unspecified atom stereocenters. The first-order chi connectivity index (χ1) is 8.96. The number of aliphatic hydroxyl groups is 1. The third kappa shape index (κ3) is 3.17. The van der Waals surface area contributed by atoms with E-state index in [4.69, 9.17) is 5.11 Å². The van der Waals surface area contributed by atoms with Crippen LogP contribution in [-0.2, 0) is 0 Å². The first-order valence-electron chi connectivity index (χ1n) is 5.76. The summed E-state index contributed by atoms with van der Waals surface area (Å²) in [5.41, 5.74) is -0.727. The van der Waals surface area contributed by atoms with Gasteiger partial charge in [0, 0.05) is 24.1 Å². The van der Waals surface area contributed by atoms with Crippen molar-refractivity contribution in [3.63, 3.8) is 0 Å². The first-order valence-corrected chi connectivity index (χ1v) is 5.76. The van der Waals surface area contributed by atoms with Crippen LogP contribution in [0.2, 0.25) is 0 Å². The fourth-order valence-corrected chi connectivity index (χ4v) is 1.62. The van der Waals surface area contributed by atoms with Crippen LogP contribution in [0, 0.1) is 22.9 Å². The lowest BCUT2D eigenvalue weighted by molar-refractivity contribution is 0.206. The molecule has 1 saturated carbocycles. The van der Waals surface area contributed by atoms with E-state index in [-0.39, 0.29) is 18.6 Å². The van der Waals surface area contributed by atoms with Gasteiger partial charge in [-0.3, -0.25) is 0 Å². The van der Waals surface area contributed by atoms with E-state index in [0.717, 1.165) is 12.8 Å². The van der Waals surface area contributed by atoms with Gasteiger partial charge in [0.25, 0.3) is 0 Å². The zero-order valence-electron chi connectivity index (χ0n) is 9.97. The van der Waals surface area contributed by atoms with Crippen molar-refractivity contribution in [3.05, 3.63) is 29.6 Å². The van der Waals surface area contributed by atoms with Crippen molar-refractivity contribution in [1.29, 1.82) is 0 Å². The summed E-state index contributed by atoms with van der Waals surface area (Å²) < 4.78 is 38.8. The van der Waals surface area contributed by atoms with E-state index in [9.17, 15) is 18.0 Å². The molecule has 1 aromatic rings. The zero-order chi connectivity index (χ0) is 14.0. The van der Waals surface area contributed by atoms with Crippen molar-refractivity contribution in [2.45, 2.75) is 12.8 Å². The van der Waals surface area contributed by atoms with Gasteiger partial charge in [0.1, 0.15) is 5.82 Å². The lowest BCUT2D eigenvalue weighted by Gasteiger charge is -2.13. The normalized spacial score (nSPS) is 16.0. The van der Waals surface area contributed by atoms with Crippen LogP contribution in [0.25, 0.3) is 0 Å². The highest BCUT2D eigenvalue weighted by Crippen LogP contribution is 2.44. The van der Waals surface area contributed by atoms with Crippen LogP contribution in [0.5, 0.6) is 0 Å². The summed E-state index contributed by atoms with van der Waals surface area (Å²) in [4.78, 5) is 11.5. The van der Waals surface area contributed by atoms with Crippen molar-refractivity contribution in [3.8, 4) is 0 Å². The minimum absolute atomic E-state index is 0.0349. The number of halogens is 3. The summed E-state index contributed by atoms with van der Waals surface area (Å²) >= 11 is 0. The fraction of sp³-hybridized carbons (Fsp3) is 0.417. The minimum atomic E-state index is -1.32. The quantitative estimate of drug-likeness (QED) is 0.735. The standard InChI is InChI=1S/C12H13F3N2O2/c13-7-3-9(15)10(4-8(7)14)17-11(19)16-5-12(6-18)1-2-12/h3-4,18H,1-2,5-6H2,(H2,16,17,19). The number of nitrogens with one attached hydrogen (secondary N) is 2. The second-order valence-corrected chi connectivity index (χ2v) is 4.71. The molecule has 0 aliphatic heterocycles. The van der Waals surface area contributed by atoms with Crippen LogP contribution in [-0.4, -0.2) is 24.3 Å². The fourth-order valence-electron chi connectivity index (χ4n) is 1.62. The van der Waals surface area contributed by atoms with Gasteiger partial charge in [0.05, 0.1) is 12.3 Å². The average Bonchev–Trinajstić information content (AvgIpc) is 3.14. The molecule has 0 bridgehead atoms. The van der Waals surface area contributed by atoms with Gasteiger partial charge in [-0.2, -0.15) is 0 Å². The Morgan fingerprint density at radius 1 is 1.21 bits per heavy atom. The molecule has 0 radical (unpaired) electrons. The van der Waals surface area contributed by atoms with Gasteiger partial charge in [0.15, 0.2) is 11.6 Å². The predicted octanol–water partition coefficient (Wildman–Crippen LogP) is 2.00. The average molecular weight is 274 g/mol. The highest BCUT2D eigenvalue weighted by atomic mass is 19.2. The number of amides is 2. The van der Waals surface area contributed by atoms with Crippen molar-refractivity contribution < 1.29 is 23.1 Å². The van der Waals surface area contributed by atoms with Crippen LogP contribution in [0.4, 0.5) is 23.7 Å². The molecule has 4 nitrogen and oxygen atoms in total. The summed E-state index contributed by atoms with van der Waals surface area (Å²) in [5, 5.41) is 13.6. The number of rotatable bonds is 4. The van der Waals surface area contributed by atoms with Gasteiger partial charge < -0.3 is 15.7 Å². The maximum Gasteiger partial charge on any atom is 0.319 e. The third-order valence-electron chi connectivity index (χ3n) is 3.17. The summed E-state index contributed by atoms with van der Waals surface area (Å²) in [6.45, 7) is 0.216. The molecule has 1 aliphatic carbocycles. The van der Waals surface area contributed by atoms with Gasteiger partial charge in [-0.15, -0.1) is 0 Å². The largest absolute Gasteiger partial charge is 0.396 e. The Morgan fingerprint density at radius 3 is 2.42 bits per heavy atom. The molecule has 7 heteroatoms. The van der Waals surface area contributed by atoms with E-state index in [1.165, 1.54) is 0 Å². The molecule has 104 valence electrons. The lowest BCUT2D eigenvalue weighted by atomic mass is 10.1. The summed E-state index contributed by atoms with van der Waals surface area (Å²) in [6.07, 6.45) is 1.62. The molecule has 2 amide bonds. The summed E-state index contributed by atoms with van der Waals surface area (Å²) in [5.74, 6) is -3.62. The Balaban J connectivity index is 1.93. The molecule has 0 atom stereocenters. The van der Waals surface area contributed by atoms with Crippen LogP contribution in [0.15, 0.2) is 12.1 Å². The maximum atomic E-state index is 13.3. The second kappa shape index (κ2) is 5.08. The molecule has 0 heterocycles. The van der Waals surface area contributed by atoms with Gasteiger partial charge in [0.2, 0.25) is 0 Å². The van der Waals surface area contributed by atoms with Gasteiger partial charge in [-0.1, -0.05) is 0 Å². The molecule has 3 N–H and O–H groups in total. The van der Waals surface area contributed by atoms with E-state index in [1.54, 1.807) is 0 Å². The van der Waals surface area contributed by atoms with Gasteiger partial charge in [-0.25, -0.2) is 18.0 Å². The van der Waals surface area contributed by atoms with E-state index in [0.29, 0.717) is 12.1 Å². The van der Waals surface area contributed by atoms with Crippen LogP contribution < -0.4 is 10.6 Å². The number of benzene rings is 1. The van der Waals surface area contributed by atoms with Crippen LogP contribution >= 0.6 is 0 Å². The molecule has 0 saturated heterocycles. The molecule has 2 rings (SSSR count). The number of hydrogen-bond donors (Lipinski definition) is 3. The monoisotopic (exact) mass is 274 g/mol. The van der Waals surface area contributed by atoms with Crippen LogP contribution in [0.3, 0.4) is 0 Å². The summed E-state index contributed by atoms with van der Waals surface area (Å²) in [7, 11) is 0. The Hall–Kier alpha value is -1.76. The molecule has 1 fully saturated rings. The van der Waals surface area contributed by atoms with E-state index in [2.05, 4.69) is 10.6 Å². The molecular weight excluding hydrogens is 261 g/mol. The highest BCUT2D eigenvalue weighted by Gasteiger charge is 2.42. The first kappa shape index (κ1) is 13.7. The molecule has 0 spiro atoms. The topological polar surface area (TPSA) is 61.4 Å². The van der Waals surface area contributed by atoms with E-state index < -0.39 is 29.2 Å². The molecule has 1 aliphatic rings. The number of urea groups is 1. The molecular formula is C12H13F3N2O2. The smallest absolute Gasteiger partial charge is 0.319 e. The van der Waals surface area contributed by atoms with Crippen molar-refractivity contribution in [2.75, 3.05) is 18.5 Å². The van der Waals surface area contributed by atoms with Crippen molar-refractivity contribution in [1.82, 2.24) is 5.32 Å². The number of hydrogen-bond acceptors (Lipinski definition) is 2. The Bertz CT molecular complexity index is 504. The van der Waals surface area contributed by atoms with Crippen LogP contribution in [0.1, 0.15) is 12.8 Å². The predicted molar refractivity (Wildman–Crippen MR) is 62.1 cm³/mol. The summed E-state index contributed by atoms with van der Waals surface area (Å²) in [6, 6.07) is 0.203. The van der Waals surface area contributed by atoms with Crippen molar-refractivity contribution in [2.24, 2.45) is 5.41 Å². The molecule has 1 aromatic carbocycles. The second-order valence-electron chi connectivity index (χ2n) is 4.71. The highest BCUT2D eigenvalue weighted by molar-refractivity contribution is 5.89. The third-order valence-corrected chi connectivity index (χ3v) is 3.17. The number of carbonyl (C=O) groups excluding carboxylic acids is 1. The SMILES string of the molecule is O=C(NCC1(CO)CC1)Nc1cc(F)c(F)cc1F. The Morgan fingerprint density at radius 2 is 1.84 bits per heavy atom. The zero-order valence-corrected chi connectivity index (χ0v) is 9.97. The Kier molecular flexibility index (Phi) is 3.66. The van der Waals surface area contributed by atoms with E-state index >= 15 is 0 Å².